The zero-order valence-corrected chi connectivity index (χ0v) is 13.3. The summed E-state index contributed by atoms with van der Waals surface area (Å²) < 4.78 is 5.47. The van der Waals surface area contributed by atoms with Gasteiger partial charge in [-0.2, -0.15) is 0 Å². The van der Waals surface area contributed by atoms with Gasteiger partial charge in [-0.15, -0.1) is 0 Å². The third kappa shape index (κ3) is 3.74. The molecular formula is C17H28N2O. The van der Waals surface area contributed by atoms with Crippen molar-refractivity contribution in [2.24, 2.45) is 5.41 Å². The van der Waals surface area contributed by atoms with Crippen molar-refractivity contribution in [3.63, 3.8) is 0 Å². The number of hydrogen-bond acceptors (Lipinski definition) is 3. The summed E-state index contributed by atoms with van der Waals surface area (Å²) in [6.45, 7) is 11.1. The van der Waals surface area contributed by atoms with Crippen LogP contribution in [0.15, 0.2) is 18.2 Å². The molecule has 0 bridgehead atoms. The molecule has 2 N–H and O–H groups in total. The normalized spacial score (nSPS) is 18.9. The second kappa shape index (κ2) is 6.59. The van der Waals surface area contributed by atoms with Crippen LogP contribution in [0.5, 0.6) is 5.75 Å². The van der Waals surface area contributed by atoms with Crippen molar-refractivity contribution in [1.82, 2.24) is 10.6 Å². The molecule has 1 fully saturated rings. The average Bonchev–Trinajstić information content (AvgIpc) is 2.63. The summed E-state index contributed by atoms with van der Waals surface area (Å²) in [6.07, 6.45) is 1.09. The lowest BCUT2D eigenvalue weighted by Crippen LogP contribution is -2.37. The number of nitrogens with one attached hydrogen (secondary N) is 2. The van der Waals surface area contributed by atoms with Gasteiger partial charge in [0.1, 0.15) is 5.75 Å². The highest BCUT2D eigenvalue weighted by molar-refractivity contribution is 5.39. The van der Waals surface area contributed by atoms with Gasteiger partial charge in [0.2, 0.25) is 0 Å². The maximum atomic E-state index is 5.47. The lowest BCUT2D eigenvalue weighted by atomic mass is 9.82. The highest BCUT2D eigenvalue weighted by Gasteiger charge is 2.26. The predicted molar refractivity (Wildman–Crippen MR) is 84.6 cm³/mol. The molecule has 20 heavy (non-hydrogen) atoms. The average molecular weight is 276 g/mol. The van der Waals surface area contributed by atoms with Gasteiger partial charge in [0.25, 0.3) is 0 Å². The molecular weight excluding hydrogens is 248 g/mol. The molecule has 1 aromatic carbocycles. The Bertz CT molecular complexity index is 435. The predicted octanol–water partition coefficient (Wildman–Crippen LogP) is 2.56. The Morgan fingerprint density at radius 2 is 1.85 bits per heavy atom. The Hall–Kier alpha value is -1.06. The molecule has 3 heteroatoms. The topological polar surface area (TPSA) is 33.3 Å². The maximum Gasteiger partial charge on any atom is 0.122 e. The molecule has 1 aliphatic rings. The minimum atomic E-state index is 0.277. The van der Waals surface area contributed by atoms with Gasteiger partial charge >= 0.3 is 0 Å². The van der Waals surface area contributed by atoms with E-state index < -0.39 is 0 Å². The van der Waals surface area contributed by atoms with E-state index in [0.717, 1.165) is 38.3 Å². The van der Waals surface area contributed by atoms with Crippen LogP contribution >= 0.6 is 0 Å². The molecule has 0 saturated carbocycles. The number of methoxy groups -OCH3 is 1. The van der Waals surface area contributed by atoms with Crippen molar-refractivity contribution >= 4 is 0 Å². The summed E-state index contributed by atoms with van der Waals surface area (Å²) in [5.41, 5.74) is 2.99. The number of ether oxygens (including phenoxy) is 1. The Morgan fingerprint density at radius 3 is 2.40 bits per heavy atom. The van der Waals surface area contributed by atoms with E-state index in [0.29, 0.717) is 5.92 Å². The molecule has 0 atom stereocenters. The smallest absolute Gasteiger partial charge is 0.122 e. The van der Waals surface area contributed by atoms with Crippen LogP contribution in [-0.2, 0) is 6.42 Å². The quantitative estimate of drug-likeness (QED) is 0.887. The molecule has 1 aliphatic heterocycles. The third-order valence-corrected chi connectivity index (χ3v) is 4.13. The van der Waals surface area contributed by atoms with Crippen LogP contribution in [0.4, 0.5) is 0 Å². The molecule has 0 unspecified atom stereocenters. The van der Waals surface area contributed by atoms with Gasteiger partial charge in [-0.05, 0) is 34.9 Å². The number of rotatable bonds is 4. The summed E-state index contributed by atoms with van der Waals surface area (Å²) in [6, 6.07) is 6.64. The molecule has 0 aliphatic carbocycles. The Morgan fingerprint density at radius 1 is 1.20 bits per heavy atom. The molecule has 3 nitrogen and oxygen atoms in total. The second-order valence-electron chi connectivity index (χ2n) is 6.57. The third-order valence-electron chi connectivity index (χ3n) is 4.13. The second-order valence-corrected chi connectivity index (χ2v) is 6.57. The summed E-state index contributed by atoms with van der Waals surface area (Å²) in [5.74, 6) is 1.49. The Labute approximate surface area is 123 Å². The van der Waals surface area contributed by atoms with E-state index in [1.165, 1.54) is 11.1 Å². The van der Waals surface area contributed by atoms with Crippen LogP contribution in [0.1, 0.15) is 37.8 Å². The van der Waals surface area contributed by atoms with Crippen LogP contribution in [-0.4, -0.2) is 33.3 Å². The summed E-state index contributed by atoms with van der Waals surface area (Å²) in [7, 11) is 1.75. The van der Waals surface area contributed by atoms with Gasteiger partial charge in [0, 0.05) is 26.2 Å². The fraction of sp³-hybridized carbons (Fsp3) is 0.647. The lowest BCUT2D eigenvalue weighted by Gasteiger charge is -2.28. The number of benzene rings is 1. The summed E-state index contributed by atoms with van der Waals surface area (Å²) in [5, 5.41) is 7.06. The van der Waals surface area contributed by atoms with E-state index in [2.05, 4.69) is 49.6 Å². The largest absolute Gasteiger partial charge is 0.496 e. The zero-order valence-electron chi connectivity index (χ0n) is 13.3. The fourth-order valence-corrected chi connectivity index (χ4v) is 2.98. The minimum Gasteiger partial charge on any atom is -0.496 e. The molecule has 1 heterocycles. The molecule has 0 amide bonds. The van der Waals surface area contributed by atoms with Gasteiger partial charge in [0.05, 0.1) is 7.11 Å². The van der Waals surface area contributed by atoms with Gasteiger partial charge in [-0.3, -0.25) is 0 Å². The molecule has 1 aromatic rings. The zero-order chi connectivity index (χ0) is 14.6. The van der Waals surface area contributed by atoms with Crippen molar-refractivity contribution in [1.29, 1.82) is 0 Å². The van der Waals surface area contributed by atoms with Gasteiger partial charge < -0.3 is 15.4 Å². The van der Waals surface area contributed by atoms with Crippen LogP contribution in [0.2, 0.25) is 0 Å². The summed E-state index contributed by atoms with van der Waals surface area (Å²) >= 11 is 0. The molecule has 0 spiro atoms. The minimum absolute atomic E-state index is 0.277. The van der Waals surface area contributed by atoms with Crippen molar-refractivity contribution in [3.05, 3.63) is 29.3 Å². The fourth-order valence-electron chi connectivity index (χ4n) is 2.98. The highest BCUT2D eigenvalue weighted by atomic mass is 16.5. The van der Waals surface area contributed by atoms with Gasteiger partial charge in [-0.25, -0.2) is 0 Å². The van der Waals surface area contributed by atoms with E-state index in [-0.39, 0.29) is 5.41 Å². The lowest BCUT2D eigenvalue weighted by molar-refractivity contribution is 0.314. The van der Waals surface area contributed by atoms with E-state index >= 15 is 0 Å². The first kappa shape index (κ1) is 15.3. The monoisotopic (exact) mass is 276 g/mol. The first-order valence-corrected chi connectivity index (χ1v) is 7.62. The first-order chi connectivity index (χ1) is 9.54. The van der Waals surface area contributed by atoms with Crippen LogP contribution < -0.4 is 15.4 Å². The highest BCUT2D eigenvalue weighted by Crippen LogP contribution is 2.30. The SMILES string of the molecule is COc1ccc(CC2(C)CNCCNC2)cc1C(C)C. The van der Waals surface area contributed by atoms with Crippen molar-refractivity contribution in [2.75, 3.05) is 33.3 Å². The van der Waals surface area contributed by atoms with E-state index in [1.54, 1.807) is 7.11 Å². The van der Waals surface area contributed by atoms with Crippen molar-refractivity contribution in [3.8, 4) is 5.75 Å². The van der Waals surface area contributed by atoms with Crippen LogP contribution in [0.3, 0.4) is 0 Å². The Kier molecular flexibility index (Phi) is 5.06. The number of hydrogen-bond donors (Lipinski definition) is 2. The summed E-state index contributed by atoms with van der Waals surface area (Å²) in [4.78, 5) is 0. The first-order valence-electron chi connectivity index (χ1n) is 7.62. The molecule has 1 saturated heterocycles. The van der Waals surface area contributed by atoms with E-state index in [4.69, 9.17) is 4.74 Å². The molecule has 112 valence electrons. The van der Waals surface area contributed by atoms with Crippen molar-refractivity contribution in [2.45, 2.75) is 33.1 Å². The van der Waals surface area contributed by atoms with Crippen LogP contribution in [0, 0.1) is 5.41 Å². The van der Waals surface area contributed by atoms with Gasteiger partial charge in [0.15, 0.2) is 0 Å². The molecule has 0 radical (unpaired) electrons. The Balaban J connectivity index is 2.18. The molecule has 0 aromatic heterocycles. The van der Waals surface area contributed by atoms with Crippen LogP contribution in [0.25, 0.3) is 0 Å². The molecule has 2 rings (SSSR count). The van der Waals surface area contributed by atoms with E-state index in [1.807, 2.05) is 0 Å². The van der Waals surface area contributed by atoms with Gasteiger partial charge in [-0.1, -0.05) is 32.9 Å². The van der Waals surface area contributed by atoms with E-state index in [9.17, 15) is 0 Å². The standard InChI is InChI=1S/C17H28N2O/c1-13(2)15-9-14(5-6-16(15)20-4)10-17(3)11-18-7-8-19-12-17/h5-6,9,13,18-19H,7-8,10-12H2,1-4H3. The van der Waals surface area contributed by atoms with Crippen molar-refractivity contribution < 1.29 is 4.74 Å². The maximum absolute atomic E-state index is 5.47.